The van der Waals surface area contributed by atoms with Gasteiger partial charge in [0.2, 0.25) is 0 Å². The van der Waals surface area contributed by atoms with Gasteiger partial charge < -0.3 is 15.0 Å². The number of hydrogen-bond acceptors (Lipinski definition) is 4. The number of fused-ring (bicyclic) bond motifs is 1. The van der Waals surface area contributed by atoms with Crippen LogP contribution in [-0.2, 0) is 19.7 Å². The normalized spacial score (nSPS) is 26.5. The first kappa shape index (κ1) is 22.6. The lowest BCUT2D eigenvalue weighted by molar-refractivity contribution is 0.0263. The van der Waals surface area contributed by atoms with Crippen LogP contribution in [0.3, 0.4) is 0 Å². The van der Waals surface area contributed by atoms with Crippen LogP contribution in [-0.4, -0.2) is 30.3 Å². The highest BCUT2D eigenvalue weighted by molar-refractivity contribution is 9.10. The number of aromatic nitrogens is 4. The first-order chi connectivity index (χ1) is 15.6. The molecule has 1 aromatic carbocycles. The fourth-order valence-electron chi connectivity index (χ4n) is 5.75. The van der Waals surface area contributed by atoms with Crippen LogP contribution in [0.4, 0.5) is 10.1 Å². The van der Waals surface area contributed by atoms with Gasteiger partial charge in [-0.1, -0.05) is 11.6 Å². The Balaban J connectivity index is 1.33. The summed E-state index contributed by atoms with van der Waals surface area (Å²) in [6.45, 7) is 0. The second-order valence-corrected chi connectivity index (χ2v) is 10.5. The van der Waals surface area contributed by atoms with Gasteiger partial charge in [-0.3, -0.25) is 9.48 Å². The third-order valence-corrected chi connectivity index (χ3v) is 7.79. The predicted molar refractivity (Wildman–Crippen MR) is 126 cm³/mol. The molecule has 0 spiro atoms. The molecule has 33 heavy (non-hydrogen) atoms. The minimum atomic E-state index is -0.889. The molecule has 1 amide bonds. The van der Waals surface area contributed by atoms with Gasteiger partial charge in [0.05, 0.1) is 22.7 Å². The molecule has 2 unspecified atom stereocenters. The highest BCUT2D eigenvalue weighted by atomic mass is 79.9. The Hall–Kier alpha value is -2.23. The monoisotopic (exact) mass is 535 g/mol. The molecule has 2 heterocycles. The molecule has 10 heteroatoms. The van der Waals surface area contributed by atoms with Gasteiger partial charge in [0.15, 0.2) is 0 Å². The number of nitrogens with zero attached hydrogens (tertiary/aromatic N) is 4. The van der Waals surface area contributed by atoms with Gasteiger partial charge in [-0.05, 0) is 77.7 Å². The lowest BCUT2D eigenvalue weighted by atomic mass is 9.90. The minimum Gasteiger partial charge on any atom is -0.384 e. The summed E-state index contributed by atoms with van der Waals surface area (Å²) in [6, 6.07) is 5.98. The molecular formula is C23H24BrClFN5O2. The van der Waals surface area contributed by atoms with E-state index in [-0.39, 0.29) is 16.8 Å². The average Bonchev–Trinajstić information content (AvgIpc) is 3.46. The van der Waals surface area contributed by atoms with Gasteiger partial charge in [0, 0.05) is 25.7 Å². The zero-order valence-electron chi connectivity index (χ0n) is 18.2. The Kier molecular flexibility index (Phi) is 5.61. The summed E-state index contributed by atoms with van der Waals surface area (Å²) >= 11 is 9.24. The quantitative estimate of drug-likeness (QED) is 0.504. The van der Waals surface area contributed by atoms with Crippen molar-refractivity contribution in [3.63, 3.8) is 0 Å². The minimum absolute atomic E-state index is 0.0467. The lowest BCUT2D eigenvalue weighted by Crippen LogP contribution is -2.26. The van der Waals surface area contributed by atoms with Crippen LogP contribution in [0.1, 0.15) is 53.5 Å². The first-order valence-corrected chi connectivity index (χ1v) is 12.0. The van der Waals surface area contributed by atoms with E-state index in [9.17, 15) is 14.3 Å². The number of carbonyl (C=O) groups excluding carboxylic acids is 1. The van der Waals surface area contributed by atoms with Crippen molar-refractivity contribution in [1.82, 2.24) is 19.3 Å². The zero-order valence-corrected chi connectivity index (χ0v) is 20.6. The molecule has 2 N–H and O–H groups in total. The molecule has 2 saturated carbocycles. The van der Waals surface area contributed by atoms with Gasteiger partial charge in [-0.15, -0.1) is 0 Å². The number of carbonyl (C=O) groups is 1. The van der Waals surface area contributed by atoms with Crippen LogP contribution in [0.5, 0.6) is 0 Å². The maximum atomic E-state index is 13.5. The number of anilines is 1. The Morgan fingerprint density at radius 2 is 1.97 bits per heavy atom. The first-order valence-electron chi connectivity index (χ1n) is 10.8. The standard InChI is InChI=1S/C23H24BrClFN5O2/c1-30-11-27-20(21(30)22(32)28-15-3-4-17(26)16(25)7-15)12-5-13-9-23(33,10-14(13)6-12)18-8-19(24)29-31(18)2/h3-4,7-8,11-14,33H,5-6,9-10H2,1-2H3,(H,28,32). The molecule has 5 rings (SSSR count). The summed E-state index contributed by atoms with van der Waals surface area (Å²) in [4.78, 5) is 17.6. The predicted octanol–water partition coefficient (Wildman–Crippen LogP) is 4.75. The third-order valence-electron chi connectivity index (χ3n) is 7.11. The van der Waals surface area contributed by atoms with Gasteiger partial charge >= 0.3 is 0 Å². The van der Waals surface area contributed by atoms with Crippen LogP contribution in [0, 0.1) is 17.7 Å². The Labute approximate surface area is 204 Å². The van der Waals surface area contributed by atoms with Crippen LogP contribution in [0.25, 0.3) is 0 Å². The van der Waals surface area contributed by atoms with E-state index in [0.29, 0.717) is 36.1 Å². The molecule has 0 radical (unpaired) electrons. The number of benzene rings is 1. The van der Waals surface area contributed by atoms with Crippen molar-refractivity contribution in [2.45, 2.75) is 37.2 Å². The van der Waals surface area contributed by atoms with Gasteiger partial charge in [0.25, 0.3) is 5.91 Å². The number of nitrogens with one attached hydrogen (secondary N) is 1. The van der Waals surface area contributed by atoms with Gasteiger partial charge in [0.1, 0.15) is 21.7 Å². The molecule has 2 atom stereocenters. The number of aliphatic hydroxyl groups is 1. The Morgan fingerprint density at radius 3 is 2.58 bits per heavy atom. The van der Waals surface area contributed by atoms with E-state index in [4.69, 9.17) is 11.6 Å². The number of imidazole rings is 1. The summed E-state index contributed by atoms with van der Waals surface area (Å²) in [5, 5.41) is 18.5. The molecule has 0 bridgehead atoms. The van der Waals surface area contributed by atoms with E-state index in [1.165, 1.54) is 18.2 Å². The number of halogens is 3. The summed E-state index contributed by atoms with van der Waals surface area (Å²) in [5.74, 6) is -0.000580. The van der Waals surface area contributed by atoms with Crippen LogP contribution in [0.15, 0.2) is 35.2 Å². The fraction of sp³-hybridized carbons (Fsp3) is 0.435. The molecule has 2 fully saturated rings. The van der Waals surface area contributed by atoms with E-state index < -0.39 is 11.4 Å². The van der Waals surface area contributed by atoms with E-state index in [1.807, 2.05) is 13.1 Å². The highest BCUT2D eigenvalue weighted by Crippen LogP contribution is 2.56. The summed E-state index contributed by atoms with van der Waals surface area (Å²) in [5.41, 5.74) is 1.63. The number of hydrogen-bond donors (Lipinski definition) is 2. The van der Waals surface area contributed by atoms with Gasteiger partial charge in [-0.25, -0.2) is 9.37 Å². The Bertz CT molecular complexity index is 1230. The summed E-state index contributed by atoms with van der Waals surface area (Å²) in [6.07, 6.45) is 4.72. The molecule has 0 saturated heterocycles. The molecule has 2 aliphatic rings. The van der Waals surface area contributed by atoms with Crippen molar-refractivity contribution in [3.05, 3.63) is 63.1 Å². The van der Waals surface area contributed by atoms with Crippen molar-refractivity contribution in [3.8, 4) is 0 Å². The van der Waals surface area contributed by atoms with Crippen molar-refractivity contribution >= 4 is 39.1 Å². The highest BCUT2D eigenvalue weighted by Gasteiger charge is 2.51. The molecule has 174 valence electrons. The van der Waals surface area contributed by atoms with Crippen molar-refractivity contribution in [2.24, 2.45) is 25.9 Å². The maximum Gasteiger partial charge on any atom is 0.274 e. The zero-order chi connectivity index (χ0) is 23.5. The van der Waals surface area contributed by atoms with Crippen molar-refractivity contribution in [2.75, 3.05) is 5.32 Å². The number of aryl methyl sites for hydroxylation is 2. The van der Waals surface area contributed by atoms with Crippen LogP contribution >= 0.6 is 27.5 Å². The van der Waals surface area contributed by atoms with Gasteiger partial charge in [-0.2, -0.15) is 5.10 Å². The lowest BCUT2D eigenvalue weighted by Gasteiger charge is -2.25. The molecule has 2 aromatic heterocycles. The second kappa shape index (κ2) is 8.21. The van der Waals surface area contributed by atoms with Crippen LogP contribution in [0.2, 0.25) is 5.02 Å². The average molecular weight is 537 g/mol. The Morgan fingerprint density at radius 1 is 1.27 bits per heavy atom. The molecule has 3 aromatic rings. The number of amides is 1. The van der Waals surface area contributed by atoms with Crippen molar-refractivity contribution in [1.29, 1.82) is 0 Å². The fourth-order valence-corrected chi connectivity index (χ4v) is 6.39. The SMILES string of the molecule is Cn1cnc(C2CC3CC(O)(c4cc(Br)nn4C)CC3C2)c1C(=O)Nc1ccc(F)c(Cl)c1. The third kappa shape index (κ3) is 4.00. The molecule has 2 aliphatic carbocycles. The van der Waals surface area contributed by atoms with E-state index in [2.05, 4.69) is 31.3 Å². The number of rotatable bonds is 4. The largest absolute Gasteiger partial charge is 0.384 e. The summed E-state index contributed by atoms with van der Waals surface area (Å²) < 4.78 is 17.6. The van der Waals surface area contributed by atoms with E-state index in [1.54, 1.807) is 22.6 Å². The van der Waals surface area contributed by atoms with E-state index in [0.717, 1.165) is 28.8 Å². The second-order valence-electron chi connectivity index (χ2n) is 9.28. The topological polar surface area (TPSA) is 85.0 Å². The molecule has 7 nitrogen and oxygen atoms in total. The smallest absolute Gasteiger partial charge is 0.274 e. The van der Waals surface area contributed by atoms with E-state index >= 15 is 0 Å². The van der Waals surface area contributed by atoms with Crippen LogP contribution < -0.4 is 5.32 Å². The van der Waals surface area contributed by atoms with Crippen molar-refractivity contribution < 1.29 is 14.3 Å². The molecular weight excluding hydrogens is 513 g/mol. The molecule has 0 aliphatic heterocycles. The summed E-state index contributed by atoms with van der Waals surface area (Å²) in [7, 11) is 3.64. The maximum absolute atomic E-state index is 13.5.